The van der Waals surface area contributed by atoms with Gasteiger partial charge in [-0.25, -0.2) is 4.79 Å². The summed E-state index contributed by atoms with van der Waals surface area (Å²) in [7, 11) is 0.221. The molecule has 0 aliphatic carbocycles. The molecule has 0 aromatic heterocycles. The number of esters is 1. The van der Waals surface area contributed by atoms with Gasteiger partial charge in [0, 0.05) is 17.2 Å². The molecular weight excluding hydrogens is 530 g/mol. The van der Waals surface area contributed by atoms with Gasteiger partial charge < -0.3 is 4.74 Å². The van der Waals surface area contributed by atoms with E-state index in [4.69, 9.17) is 4.74 Å². The highest BCUT2D eigenvalue weighted by Crippen LogP contribution is 2.14. The maximum absolute atomic E-state index is 11.1. The third kappa shape index (κ3) is 20.8. The lowest BCUT2D eigenvalue weighted by Gasteiger charge is -2.04. The quantitative estimate of drug-likeness (QED) is 0.0563. The molecule has 0 radical (unpaired) electrons. The Morgan fingerprint density at radius 1 is 0.913 bits per heavy atom. The van der Waals surface area contributed by atoms with E-state index in [0.29, 0.717) is 6.61 Å². The number of allylic oxidation sites excluding steroid dienone is 1. The lowest BCUT2D eigenvalue weighted by Crippen LogP contribution is -2.01. The molecular formula is C18H34I2O2Si. The molecule has 0 N–H and O–H groups in total. The maximum Gasteiger partial charge on any atom is 0.330 e. The highest BCUT2D eigenvalue weighted by atomic mass is 127. The number of carbonyl (C=O) groups is 1. The molecule has 0 atom stereocenters. The van der Waals surface area contributed by atoms with E-state index in [1.807, 2.05) is 6.92 Å². The largest absolute Gasteiger partial charge is 0.463 e. The Morgan fingerprint density at radius 3 is 1.87 bits per heavy atom. The summed E-state index contributed by atoms with van der Waals surface area (Å²) in [4.78, 5) is 11.1. The van der Waals surface area contributed by atoms with Crippen LogP contribution in [0.25, 0.3) is 0 Å². The van der Waals surface area contributed by atoms with Crippen molar-refractivity contribution >= 4 is 60.7 Å². The van der Waals surface area contributed by atoms with Gasteiger partial charge in [-0.3, -0.25) is 0 Å². The maximum atomic E-state index is 11.1. The molecule has 0 saturated carbocycles. The lowest BCUT2D eigenvalue weighted by molar-refractivity contribution is -0.137. The zero-order valence-corrected chi connectivity index (χ0v) is 20.4. The van der Waals surface area contributed by atoms with E-state index in [1.54, 1.807) is 12.1 Å². The molecule has 0 fully saturated rings. The van der Waals surface area contributed by atoms with Crippen LogP contribution in [0.2, 0.25) is 6.04 Å². The van der Waals surface area contributed by atoms with E-state index in [1.165, 1.54) is 70.3 Å². The van der Waals surface area contributed by atoms with Crippen LogP contribution in [0.5, 0.6) is 0 Å². The predicted molar refractivity (Wildman–Crippen MR) is 122 cm³/mol. The summed E-state index contributed by atoms with van der Waals surface area (Å²) in [6.07, 6.45) is 18.0. The van der Waals surface area contributed by atoms with Crippen LogP contribution in [-0.2, 0) is 9.53 Å². The van der Waals surface area contributed by atoms with Gasteiger partial charge in [-0.15, -0.1) is 0 Å². The van der Waals surface area contributed by atoms with Gasteiger partial charge in [-0.1, -0.05) is 122 Å². The molecule has 0 bridgehead atoms. The molecule has 0 rings (SSSR count). The molecule has 2 nitrogen and oxygen atoms in total. The Bertz CT molecular complexity index is 297. The Kier molecular flexibility index (Phi) is 20.0. The van der Waals surface area contributed by atoms with Crippen molar-refractivity contribution in [3.05, 3.63) is 12.2 Å². The Morgan fingerprint density at radius 2 is 1.39 bits per heavy atom. The Labute approximate surface area is 173 Å². The average molecular weight is 564 g/mol. The topological polar surface area (TPSA) is 26.3 Å². The first kappa shape index (κ1) is 23.9. The molecule has 0 unspecified atom stereocenters. The Hall–Kier alpha value is 0.887. The van der Waals surface area contributed by atoms with Crippen LogP contribution in [0.4, 0.5) is 0 Å². The van der Waals surface area contributed by atoms with Gasteiger partial charge in [0.2, 0.25) is 0 Å². The van der Waals surface area contributed by atoms with Gasteiger partial charge in [0.1, 0.15) is 0 Å². The zero-order valence-electron chi connectivity index (χ0n) is 14.7. The van der Waals surface area contributed by atoms with Crippen molar-refractivity contribution in [1.82, 2.24) is 0 Å². The molecule has 23 heavy (non-hydrogen) atoms. The summed E-state index contributed by atoms with van der Waals surface area (Å²) in [6, 6.07) is 1.54. The fourth-order valence-corrected chi connectivity index (χ4v) is 6.12. The average Bonchev–Trinajstić information content (AvgIpc) is 2.51. The van der Waals surface area contributed by atoms with E-state index >= 15 is 0 Å². The second-order valence-electron chi connectivity index (χ2n) is 6.09. The molecule has 0 aliphatic rings. The first-order valence-corrected chi connectivity index (χ1v) is 13.5. The molecule has 5 heteroatoms. The van der Waals surface area contributed by atoms with Crippen LogP contribution >= 0.6 is 45.2 Å². The number of ether oxygens (including phenoxy) is 1. The number of halogens is 2. The first-order chi connectivity index (χ1) is 11.2. The molecule has 0 aliphatic heterocycles. The molecule has 0 aromatic carbocycles. The molecule has 0 spiro atoms. The third-order valence-corrected chi connectivity index (χ3v) is 8.95. The van der Waals surface area contributed by atoms with Gasteiger partial charge >= 0.3 is 5.97 Å². The van der Waals surface area contributed by atoms with Gasteiger partial charge in [-0.2, -0.15) is 0 Å². The smallest absolute Gasteiger partial charge is 0.330 e. The summed E-state index contributed by atoms with van der Waals surface area (Å²) in [5, 5.41) is 0. The van der Waals surface area contributed by atoms with Crippen LogP contribution in [0, 0.1) is 0 Å². The summed E-state index contributed by atoms with van der Waals surface area (Å²) in [6.45, 7) is 2.40. The minimum Gasteiger partial charge on any atom is -0.463 e. The number of alkyl halides is 2. The van der Waals surface area contributed by atoms with E-state index in [-0.39, 0.29) is 15.5 Å². The summed E-state index contributed by atoms with van der Waals surface area (Å²) in [5.74, 6) is -0.210. The first-order valence-electron chi connectivity index (χ1n) is 9.24. The van der Waals surface area contributed by atoms with E-state index < -0.39 is 0 Å². The number of hydrogen-bond acceptors (Lipinski definition) is 2. The lowest BCUT2D eigenvalue weighted by atomic mass is 10.1. The van der Waals surface area contributed by atoms with Crippen LogP contribution in [-0.4, -0.2) is 23.7 Å². The van der Waals surface area contributed by atoms with Gasteiger partial charge in [-0.05, 0) is 13.3 Å². The second kappa shape index (κ2) is 19.2. The second-order valence-corrected chi connectivity index (χ2v) is 16.9. The van der Waals surface area contributed by atoms with Crippen molar-refractivity contribution in [3.8, 4) is 0 Å². The molecule has 0 saturated heterocycles. The summed E-state index contributed by atoms with van der Waals surface area (Å²) in [5.41, 5.74) is 0. The predicted octanol–water partition coefficient (Wildman–Crippen LogP) is 6.14. The van der Waals surface area contributed by atoms with Crippen LogP contribution in [0.15, 0.2) is 12.2 Å². The van der Waals surface area contributed by atoms with Crippen molar-refractivity contribution < 1.29 is 9.53 Å². The molecule has 0 heterocycles. The summed E-state index contributed by atoms with van der Waals surface area (Å²) >= 11 is 5.14. The molecule has 0 aromatic rings. The monoisotopic (exact) mass is 564 g/mol. The van der Waals surface area contributed by atoms with Crippen molar-refractivity contribution in [1.29, 1.82) is 0 Å². The van der Waals surface area contributed by atoms with E-state index in [9.17, 15) is 4.79 Å². The fourth-order valence-electron chi connectivity index (χ4n) is 2.53. The highest BCUT2D eigenvalue weighted by Gasteiger charge is 1.98. The number of unbranched alkanes of at least 4 members (excludes halogenated alkanes) is 10. The van der Waals surface area contributed by atoms with Crippen LogP contribution in [0.3, 0.4) is 0 Å². The van der Waals surface area contributed by atoms with Crippen LogP contribution in [0.1, 0.15) is 77.6 Å². The SMILES string of the molecule is CC=CC(=O)OCCCCCCCCCCCCC[SiH2]C(I)I. The number of rotatable bonds is 16. The van der Waals surface area contributed by atoms with Crippen molar-refractivity contribution in [2.45, 2.75) is 85.2 Å². The van der Waals surface area contributed by atoms with Gasteiger partial charge in [0.25, 0.3) is 0 Å². The van der Waals surface area contributed by atoms with E-state index in [0.717, 1.165) is 7.98 Å². The minimum atomic E-state index is -0.210. The molecule has 0 amide bonds. The fraction of sp³-hybridized carbons (Fsp3) is 0.833. The van der Waals surface area contributed by atoms with Gasteiger partial charge in [0.15, 0.2) is 0 Å². The van der Waals surface area contributed by atoms with Crippen molar-refractivity contribution in [2.75, 3.05) is 6.61 Å². The minimum absolute atomic E-state index is 0.210. The van der Waals surface area contributed by atoms with Crippen molar-refractivity contribution in [3.63, 3.8) is 0 Å². The summed E-state index contributed by atoms with van der Waals surface area (Å²) < 4.78 is 6.02. The van der Waals surface area contributed by atoms with Crippen LogP contribution < -0.4 is 0 Å². The Balaban J connectivity index is 3.07. The zero-order chi connectivity index (χ0) is 17.2. The van der Waals surface area contributed by atoms with Gasteiger partial charge in [0.05, 0.1) is 6.61 Å². The van der Waals surface area contributed by atoms with E-state index in [2.05, 4.69) is 45.2 Å². The normalized spacial score (nSPS) is 12.0. The van der Waals surface area contributed by atoms with Crippen molar-refractivity contribution in [2.24, 2.45) is 0 Å². The third-order valence-electron chi connectivity index (χ3n) is 3.86. The highest BCUT2D eigenvalue weighted by molar-refractivity contribution is 14.2. The number of hydrogen-bond donors (Lipinski definition) is 0. The number of carbonyl (C=O) groups excluding carboxylic acids is 1. The molecule has 136 valence electrons. The standard InChI is InChI=1S/C18H34I2O2Si/c1-2-14-17(21)22-15-12-10-8-6-4-3-5-7-9-11-13-16-23-18(19)20/h2,14,18H,3-13,15-16,23H2,1H3.